The molecule has 0 heterocycles. The molecule has 0 bridgehead atoms. The molecule has 0 spiro atoms. The van der Waals surface area contributed by atoms with Crippen molar-refractivity contribution >= 4 is 99.1 Å². The van der Waals surface area contributed by atoms with Crippen LogP contribution in [-0.2, 0) is 63.7 Å². The molecule has 0 fully saturated rings. The molecule has 2 atom stereocenters. The van der Waals surface area contributed by atoms with E-state index < -0.39 is 40.9 Å². The van der Waals surface area contributed by atoms with Gasteiger partial charge in [0.1, 0.15) is 25.0 Å². The van der Waals surface area contributed by atoms with Crippen molar-refractivity contribution in [3.05, 3.63) is 29.8 Å². The van der Waals surface area contributed by atoms with Crippen LogP contribution in [0.4, 0.5) is 4.79 Å². The number of nitrogens with one attached hydrogen (secondary N) is 5. The van der Waals surface area contributed by atoms with Gasteiger partial charge in [-0.2, -0.15) is 0 Å². The highest BCUT2D eigenvalue weighted by Gasteiger charge is 2.21. The summed E-state index contributed by atoms with van der Waals surface area (Å²) in [5.74, 6) is -3.42. The Morgan fingerprint density at radius 2 is 0.986 bits per heavy atom. The van der Waals surface area contributed by atoms with Crippen molar-refractivity contribution in [2.24, 2.45) is 5.14 Å². The highest BCUT2D eigenvalue weighted by atomic mass is 32.1. The number of amides is 5. The van der Waals surface area contributed by atoms with E-state index in [0.717, 1.165) is 44.9 Å². The van der Waals surface area contributed by atoms with E-state index >= 15 is 0 Å². The third kappa shape index (κ3) is 53.5. The Balaban J connectivity index is -0.00000448. The molecule has 1 unspecified atom stereocenters. The summed E-state index contributed by atoms with van der Waals surface area (Å²) in [4.78, 5) is 100. The van der Waals surface area contributed by atoms with Crippen molar-refractivity contribution in [1.29, 1.82) is 0 Å². The van der Waals surface area contributed by atoms with Gasteiger partial charge < -0.3 is 65.4 Å². The molecule has 1 aromatic rings. The Hall–Kier alpha value is -4.64. The molecule has 0 saturated carbocycles. The Morgan fingerprint density at radius 1 is 0.589 bits per heavy atom. The topological polar surface area (TPSA) is 358 Å². The molecule has 23 nitrogen and oxygen atoms in total. The molecule has 11 N–H and O–H groups in total. The molecule has 0 aromatic heterocycles. The summed E-state index contributed by atoms with van der Waals surface area (Å²) >= 11 is 9.64. The highest BCUT2D eigenvalue weighted by Crippen LogP contribution is 2.14. The van der Waals surface area contributed by atoms with Crippen LogP contribution in [0.2, 0.25) is 0 Å². The highest BCUT2D eigenvalue weighted by molar-refractivity contribution is 7.98. The maximum atomic E-state index is 12.3. The first-order valence-corrected chi connectivity index (χ1v) is 25.4. The van der Waals surface area contributed by atoms with Crippen molar-refractivity contribution in [1.82, 2.24) is 26.0 Å². The summed E-state index contributed by atoms with van der Waals surface area (Å²) in [6, 6.07) is 4.10. The first-order valence-electron chi connectivity index (χ1n) is 24.0. The van der Waals surface area contributed by atoms with E-state index in [1.807, 2.05) is 4.72 Å². The van der Waals surface area contributed by atoms with Crippen LogP contribution in [0, 0.1) is 0 Å². The smallest absolute Gasteiger partial charge is 0.326 e. The third-order valence-corrected chi connectivity index (χ3v) is 10.3. The van der Waals surface area contributed by atoms with Crippen LogP contribution in [0.5, 0.6) is 5.75 Å². The number of carboxylic acid groups (broad SMARTS) is 3. The van der Waals surface area contributed by atoms with Crippen molar-refractivity contribution in [2.75, 3.05) is 65.9 Å². The van der Waals surface area contributed by atoms with Gasteiger partial charge in [0.25, 0.3) is 11.7 Å². The molecule has 0 aliphatic rings. The minimum absolute atomic E-state index is 0.0382. The van der Waals surface area contributed by atoms with Crippen LogP contribution >= 0.6 is 38.3 Å². The van der Waals surface area contributed by atoms with E-state index in [9.17, 15) is 48.6 Å². The summed E-state index contributed by atoms with van der Waals surface area (Å²) in [5, 5.41) is 48.5. The summed E-state index contributed by atoms with van der Waals surface area (Å²) in [7, 11) is 5.39. The SMILES string of the molecule is NS.O=C(S)NS.O=CO.[B]C(=O)C(Cc1ccc(O)cc1)NC(=O)COCCOCCNC(=O)COCCOCCNC(=O)CC[C@H](NC(=O)CCCCCCCCCCCCCCCCC(=O)O)C(=O)O. The number of ether oxygens (including phenoxy) is 4. The second-order valence-electron chi connectivity index (χ2n) is 15.8. The fourth-order valence-electron chi connectivity index (χ4n) is 6.24. The molecule has 2 radical (unpaired) electrons. The lowest BCUT2D eigenvalue weighted by atomic mass is 9.90. The van der Waals surface area contributed by atoms with Gasteiger partial charge in [-0.25, -0.2) is 4.79 Å². The molecule has 1 rings (SSSR count). The maximum absolute atomic E-state index is 12.3. The van der Waals surface area contributed by atoms with Crippen molar-refractivity contribution < 1.29 is 82.5 Å². The van der Waals surface area contributed by atoms with E-state index in [1.54, 1.807) is 12.1 Å². The number of carbonyl (C=O) groups is 9. The number of rotatable bonds is 42. The number of phenolic OH excluding ortho intramolecular Hbond substituents is 1. The van der Waals surface area contributed by atoms with Crippen LogP contribution < -0.4 is 31.1 Å². The fourth-order valence-corrected chi connectivity index (χ4v) is 6.24. The fraction of sp³-hybridized carbons (Fsp3) is 0.674. The van der Waals surface area contributed by atoms with E-state index in [0.29, 0.717) is 12.0 Å². The normalized spacial score (nSPS) is 11.0. The number of aromatic hydroxyl groups is 1. The van der Waals surface area contributed by atoms with E-state index in [4.69, 9.17) is 41.8 Å². The number of hydrogen-bond donors (Lipinski definition) is 13. The molecular weight excluding hydrogens is 1020 g/mol. The summed E-state index contributed by atoms with van der Waals surface area (Å²) in [6.45, 7) is 0.639. The number of unbranched alkanes of at least 4 members (excludes halogenated alkanes) is 13. The second kappa shape index (κ2) is 53.7. The zero-order valence-corrected chi connectivity index (χ0v) is 44.3. The van der Waals surface area contributed by atoms with Gasteiger partial charge in [0.2, 0.25) is 23.6 Å². The average molecular weight is 1100 g/mol. The molecule has 1 aromatic carbocycles. The largest absolute Gasteiger partial charge is 0.508 e. The number of aliphatic carboxylic acids is 2. The molecule has 0 aliphatic heterocycles. The first-order chi connectivity index (χ1) is 35.1. The standard InChI is InChI=1S/C44H71BN4O14.CH3NOS2.CH2O2.H3NS/c45-43(57)37(31-34-17-19-35(50)20-18-34)49-41(54)33-63-30-28-61-26-24-47-40(53)32-62-29-27-60-25-23-46-38(51)22-21-36(44(58)59)48-39(52)15-13-11-9-7-5-3-1-2-4-6-8-10-12-14-16-42(55)56;3-1(4)2-5;2-1-3;1-2/h17-20,36-37,50H,1-16,21-33H2,(H,46,51)(H,47,53)(H,48,52)(H,49,54)(H,55,56)(H,58,59);5H,(H2,2,3,4);1H,(H,2,3);2H,1H2/t36-,37?;;;/m0.../s1. The average Bonchev–Trinajstić information content (AvgIpc) is 3.35. The van der Waals surface area contributed by atoms with Crippen molar-refractivity contribution in [2.45, 2.75) is 134 Å². The molecule has 73 heavy (non-hydrogen) atoms. The van der Waals surface area contributed by atoms with E-state index in [1.165, 1.54) is 50.7 Å². The third-order valence-electron chi connectivity index (χ3n) is 9.84. The Bertz CT molecular complexity index is 1640. The number of carboxylic acids is 2. The van der Waals surface area contributed by atoms with Gasteiger partial charge in [-0.3, -0.25) is 43.4 Å². The molecule has 27 heteroatoms. The Kier molecular flexibility index (Phi) is 53.4. The lowest BCUT2D eigenvalue weighted by molar-refractivity contribution is -0.142. The maximum Gasteiger partial charge on any atom is 0.326 e. The minimum atomic E-state index is -1.19. The predicted molar refractivity (Wildman–Crippen MR) is 282 cm³/mol. The quantitative estimate of drug-likeness (QED) is 0.0194. The zero-order valence-electron chi connectivity index (χ0n) is 41.6. The molecule has 0 saturated heterocycles. The lowest BCUT2D eigenvalue weighted by Gasteiger charge is -2.16. The first kappa shape index (κ1) is 72.6. The van der Waals surface area contributed by atoms with Crippen LogP contribution in [0.15, 0.2) is 24.3 Å². The molecular formula is C46H79BN6O17S3. The van der Waals surface area contributed by atoms with Gasteiger partial charge in [-0.1, -0.05) is 115 Å². The number of carbonyl (C=O) groups excluding carboxylic acids is 6. The summed E-state index contributed by atoms with van der Waals surface area (Å²) in [6.07, 6.45) is 15.5. The second-order valence-corrected chi connectivity index (χ2v) is 16.4. The number of nitrogens with two attached hydrogens (primary N) is 1. The minimum Gasteiger partial charge on any atom is -0.508 e. The summed E-state index contributed by atoms with van der Waals surface area (Å²) in [5.41, 5.74) is 0.00668. The lowest BCUT2D eigenvalue weighted by Crippen LogP contribution is -2.44. The van der Waals surface area contributed by atoms with Gasteiger partial charge in [0.15, 0.2) is 7.85 Å². The zero-order chi connectivity index (χ0) is 55.3. The van der Waals surface area contributed by atoms with Crippen LogP contribution in [0.1, 0.15) is 121 Å². The monoisotopic (exact) mass is 1090 g/mol. The molecule has 0 aliphatic carbocycles. The van der Waals surface area contributed by atoms with Crippen LogP contribution in [-0.4, -0.2) is 159 Å². The van der Waals surface area contributed by atoms with Gasteiger partial charge in [-0.05, 0) is 43.4 Å². The number of thiol groups is 3. The van der Waals surface area contributed by atoms with Gasteiger partial charge in [0.05, 0.1) is 51.4 Å². The van der Waals surface area contributed by atoms with Gasteiger partial charge in [-0.15, -0.1) is 12.8 Å². The van der Waals surface area contributed by atoms with Gasteiger partial charge >= 0.3 is 11.9 Å². The summed E-state index contributed by atoms with van der Waals surface area (Å²) < 4.78 is 23.2. The number of benzene rings is 1. The van der Waals surface area contributed by atoms with Crippen LogP contribution in [0.3, 0.4) is 0 Å². The number of hydrogen-bond acceptors (Lipinski definition) is 17. The number of phenols is 1. The van der Waals surface area contributed by atoms with Gasteiger partial charge in [0, 0.05) is 32.4 Å². The van der Waals surface area contributed by atoms with E-state index in [-0.39, 0.29) is 128 Å². The predicted octanol–water partition coefficient (Wildman–Crippen LogP) is 3.05. The van der Waals surface area contributed by atoms with Crippen molar-refractivity contribution in [3.8, 4) is 5.75 Å². The molecule has 416 valence electrons. The van der Waals surface area contributed by atoms with E-state index in [2.05, 4.69) is 64.7 Å². The Morgan fingerprint density at radius 3 is 1.41 bits per heavy atom. The van der Waals surface area contributed by atoms with Crippen LogP contribution in [0.25, 0.3) is 0 Å². The molecule has 5 amide bonds. The Labute approximate surface area is 446 Å². The van der Waals surface area contributed by atoms with Crippen molar-refractivity contribution in [3.63, 3.8) is 0 Å².